The average Bonchev–Trinajstić information content (AvgIpc) is 3.13. The van der Waals surface area contributed by atoms with Gasteiger partial charge in [-0.2, -0.15) is 0 Å². The molecule has 0 spiro atoms. The van der Waals surface area contributed by atoms with E-state index < -0.39 is 0 Å². The van der Waals surface area contributed by atoms with Gasteiger partial charge in [0.1, 0.15) is 5.76 Å². The lowest BCUT2D eigenvalue weighted by Crippen LogP contribution is -2.42. The van der Waals surface area contributed by atoms with Gasteiger partial charge in [0.25, 0.3) is 0 Å². The molecule has 1 fully saturated rings. The van der Waals surface area contributed by atoms with Gasteiger partial charge in [-0.25, -0.2) is 0 Å². The lowest BCUT2D eigenvalue weighted by Gasteiger charge is -2.43. The van der Waals surface area contributed by atoms with Crippen molar-refractivity contribution in [2.45, 2.75) is 51.2 Å². The van der Waals surface area contributed by atoms with Crippen molar-refractivity contribution >= 4 is 0 Å². The zero-order valence-electron chi connectivity index (χ0n) is 14.8. The van der Waals surface area contributed by atoms with Gasteiger partial charge in [0, 0.05) is 12.0 Å². The Kier molecular flexibility index (Phi) is 5.75. The van der Waals surface area contributed by atoms with Crippen LogP contribution in [0.1, 0.15) is 44.4 Å². The van der Waals surface area contributed by atoms with E-state index >= 15 is 0 Å². The van der Waals surface area contributed by atoms with Gasteiger partial charge >= 0.3 is 0 Å². The van der Waals surface area contributed by atoms with Crippen LogP contribution in [-0.4, -0.2) is 19.3 Å². The molecule has 0 radical (unpaired) electrons. The summed E-state index contributed by atoms with van der Waals surface area (Å²) < 4.78 is 11.4. The molecule has 3 nitrogen and oxygen atoms in total. The average molecular weight is 327 g/mol. The Bertz CT molecular complexity index is 594. The first-order valence-corrected chi connectivity index (χ1v) is 9.10. The molecule has 0 bridgehead atoms. The van der Waals surface area contributed by atoms with Crippen LogP contribution in [0.15, 0.2) is 53.1 Å². The van der Waals surface area contributed by atoms with E-state index in [9.17, 15) is 0 Å². The van der Waals surface area contributed by atoms with Crippen LogP contribution in [0.5, 0.6) is 0 Å². The van der Waals surface area contributed by atoms with Crippen LogP contribution in [0, 0.1) is 5.92 Å². The fourth-order valence-electron chi connectivity index (χ4n) is 3.76. The quantitative estimate of drug-likeness (QED) is 0.759. The van der Waals surface area contributed by atoms with E-state index in [1.807, 2.05) is 12.1 Å². The highest BCUT2D eigenvalue weighted by Crippen LogP contribution is 2.41. The highest BCUT2D eigenvalue weighted by molar-refractivity contribution is 5.26. The molecule has 2 atom stereocenters. The number of hydrogen-bond donors (Lipinski definition) is 1. The molecule has 3 rings (SSSR count). The highest BCUT2D eigenvalue weighted by Gasteiger charge is 2.38. The van der Waals surface area contributed by atoms with Crippen LogP contribution < -0.4 is 5.32 Å². The summed E-state index contributed by atoms with van der Waals surface area (Å²) >= 11 is 0. The van der Waals surface area contributed by atoms with Gasteiger partial charge in [0.2, 0.25) is 0 Å². The van der Waals surface area contributed by atoms with Gasteiger partial charge in [0.15, 0.2) is 0 Å². The van der Waals surface area contributed by atoms with Crippen LogP contribution in [-0.2, 0) is 16.7 Å². The minimum atomic E-state index is 0.213. The molecule has 130 valence electrons. The molecule has 0 saturated carbocycles. The van der Waals surface area contributed by atoms with Crippen LogP contribution in [0.25, 0.3) is 0 Å². The first-order chi connectivity index (χ1) is 11.7. The fraction of sp³-hybridized carbons (Fsp3) is 0.524. The summed E-state index contributed by atoms with van der Waals surface area (Å²) in [5.74, 6) is 1.56. The molecule has 1 aromatic carbocycles. The summed E-state index contributed by atoms with van der Waals surface area (Å²) in [5.41, 5.74) is 1.67. The highest BCUT2D eigenvalue weighted by atomic mass is 16.5. The summed E-state index contributed by atoms with van der Waals surface area (Å²) in [6.45, 7) is 7.17. The third-order valence-electron chi connectivity index (χ3n) is 5.29. The van der Waals surface area contributed by atoms with Gasteiger partial charge in [-0.15, -0.1) is 0 Å². The fourth-order valence-corrected chi connectivity index (χ4v) is 3.76. The number of furan rings is 1. The second-order valence-corrected chi connectivity index (χ2v) is 7.26. The van der Waals surface area contributed by atoms with Crippen molar-refractivity contribution in [1.29, 1.82) is 0 Å². The molecule has 0 amide bonds. The number of hydrogen-bond acceptors (Lipinski definition) is 3. The molecule has 0 aliphatic carbocycles. The molecular weight excluding hydrogens is 298 g/mol. The maximum Gasteiger partial charge on any atom is 0.117 e. The van der Waals surface area contributed by atoms with Crippen LogP contribution in [0.4, 0.5) is 0 Å². The third-order valence-corrected chi connectivity index (χ3v) is 5.29. The van der Waals surface area contributed by atoms with Crippen molar-refractivity contribution in [3.63, 3.8) is 0 Å². The predicted molar refractivity (Wildman–Crippen MR) is 97.0 cm³/mol. The number of rotatable bonds is 7. The van der Waals surface area contributed by atoms with Gasteiger partial charge in [-0.3, -0.25) is 0 Å². The Hall–Kier alpha value is -1.58. The monoisotopic (exact) mass is 327 g/mol. The molecule has 1 aliphatic rings. The summed E-state index contributed by atoms with van der Waals surface area (Å²) in [6, 6.07) is 15.0. The van der Waals surface area contributed by atoms with E-state index in [1.54, 1.807) is 6.26 Å². The zero-order chi connectivity index (χ0) is 16.8. The Morgan fingerprint density at radius 1 is 1.17 bits per heavy atom. The Morgan fingerprint density at radius 2 is 2.00 bits per heavy atom. The Balaban J connectivity index is 1.68. The van der Waals surface area contributed by atoms with Crippen LogP contribution in [0.2, 0.25) is 0 Å². The minimum absolute atomic E-state index is 0.213. The lowest BCUT2D eigenvalue weighted by atomic mass is 9.68. The summed E-state index contributed by atoms with van der Waals surface area (Å²) in [7, 11) is 0. The van der Waals surface area contributed by atoms with E-state index in [0.29, 0.717) is 12.0 Å². The topological polar surface area (TPSA) is 34.4 Å². The molecule has 1 aliphatic heterocycles. The first kappa shape index (κ1) is 17.2. The van der Waals surface area contributed by atoms with Crippen molar-refractivity contribution < 1.29 is 9.15 Å². The van der Waals surface area contributed by atoms with Crippen molar-refractivity contribution in [3.05, 3.63) is 60.1 Å². The summed E-state index contributed by atoms with van der Waals surface area (Å²) in [6.07, 6.45) is 5.42. The smallest absolute Gasteiger partial charge is 0.117 e. The molecule has 2 heterocycles. The SMILES string of the molecule is CC(C)[C@@H]1C[C@@](CCNCc2ccco2)(c2ccccc2)CCO1. The minimum Gasteiger partial charge on any atom is -0.468 e. The Labute approximate surface area is 145 Å². The number of benzene rings is 1. The second kappa shape index (κ2) is 8.00. The van der Waals surface area contributed by atoms with Crippen molar-refractivity contribution in [2.24, 2.45) is 5.92 Å². The molecule has 0 unspecified atom stereocenters. The zero-order valence-corrected chi connectivity index (χ0v) is 14.8. The van der Waals surface area contributed by atoms with E-state index in [2.05, 4.69) is 49.5 Å². The predicted octanol–water partition coefficient (Wildman–Crippen LogP) is 4.53. The van der Waals surface area contributed by atoms with Crippen molar-refractivity contribution in [2.75, 3.05) is 13.2 Å². The molecule has 1 saturated heterocycles. The van der Waals surface area contributed by atoms with Gasteiger partial charge < -0.3 is 14.5 Å². The molecule has 1 aromatic heterocycles. The van der Waals surface area contributed by atoms with E-state index in [1.165, 1.54) is 5.56 Å². The Morgan fingerprint density at radius 3 is 2.71 bits per heavy atom. The van der Waals surface area contributed by atoms with Crippen LogP contribution in [0.3, 0.4) is 0 Å². The maximum absolute atomic E-state index is 6.05. The molecule has 3 heteroatoms. The standard InChI is InChI=1S/C21H29NO2/c1-17(2)20-15-21(11-14-24-20,18-7-4-3-5-8-18)10-12-22-16-19-9-6-13-23-19/h3-9,13,17,20,22H,10-12,14-16H2,1-2H3/t20-,21-/m0/s1. The van der Waals surface area contributed by atoms with E-state index in [-0.39, 0.29) is 5.41 Å². The number of nitrogens with one attached hydrogen (secondary N) is 1. The van der Waals surface area contributed by atoms with Crippen molar-refractivity contribution in [3.8, 4) is 0 Å². The largest absolute Gasteiger partial charge is 0.468 e. The molecule has 1 N–H and O–H groups in total. The molecule has 2 aromatic rings. The van der Waals surface area contributed by atoms with Gasteiger partial charge in [0.05, 0.1) is 18.9 Å². The van der Waals surface area contributed by atoms with E-state index in [4.69, 9.17) is 9.15 Å². The third kappa shape index (κ3) is 4.08. The van der Waals surface area contributed by atoms with Crippen LogP contribution >= 0.6 is 0 Å². The summed E-state index contributed by atoms with van der Waals surface area (Å²) in [4.78, 5) is 0. The molecule has 24 heavy (non-hydrogen) atoms. The lowest BCUT2D eigenvalue weighted by molar-refractivity contribution is -0.0469. The number of ether oxygens (including phenoxy) is 1. The van der Waals surface area contributed by atoms with Crippen molar-refractivity contribution in [1.82, 2.24) is 5.32 Å². The van der Waals surface area contributed by atoms with Gasteiger partial charge in [-0.1, -0.05) is 44.2 Å². The van der Waals surface area contributed by atoms with E-state index in [0.717, 1.165) is 44.7 Å². The second-order valence-electron chi connectivity index (χ2n) is 7.26. The normalized spacial score (nSPS) is 24.4. The summed E-state index contributed by atoms with van der Waals surface area (Å²) in [5, 5.41) is 3.54. The first-order valence-electron chi connectivity index (χ1n) is 9.10. The van der Waals surface area contributed by atoms with Gasteiger partial charge in [-0.05, 0) is 49.4 Å². The molecular formula is C21H29NO2. The maximum atomic E-state index is 6.05.